The van der Waals surface area contributed by atoms with Gasteiger partial charge in [0.15, 0.2) is 5.65 Å². The van der Waals surface area contributed by atoms with Crippen LogP contribution in [-0.4, -0.2) is 54.8 Å². The highest BCUT2D eigenvalue weighted by Gasteiger charge is 2.31. The maximum atomic E-state index is 13.2. The van der Waals surface area contributed by atoms with Gasteiger partial charge < -0.3 is 5.32 Å². The average Bonchev–Trinajstić information content (AvgIpc) is 3.24. The standard InChI is InChI=1S/C24H24BCl2N5O2S/c25-18-14-29-32-23(12-21(30-24(18)32)17-7-1-2-8-19(17)26)28-13-16-6-5-11-31(15-16)35(33,34)22-10-4-3-9-20(22)27/h1-4,7-10,12,14,16,28H,5-6,11,13,15,25H2. The van der Waals surface area contributed by atoms with E-state index in [1.165, 1.54) is 0 Å². The topological polar surface area (TPSA) is 79.6 Å². The molecule has 1 saturated heterocycles. The Balaban J connectivity index is 1.39. The monoisotopic (exact) mass is 527 g/mol. The first-order valence-corrected chi connectivity index (χ1v) is 13.6. The molecule has 3 heterocycles. The van der Waals surface area contributed by atoms with Crippen molar-refractivity contribution >= 4 is 58.0 Å². The first kappa shape index (κ1) is 24.1. The van der Waals surface area contributed by atoms with E-state index in [9.17, 15) is 8.42 Å². The molecule has 1 fully saturated rings. The third-order valence-corrected chi connectivity index (χ3v) is 9.00. The minimum Gasteiger partial charge on any atom is -0.370 e. The second kappa shape index (κ2) is 9.81. The second-order valence-corrected chi connectivity index (χ2v) is 11.5. The van der Waals surface area contributed by atoms with Gasteiger partial charge in [-0.05, 0) is 42.4 Å². The lowest BCUT2D eigenvalue weighted by Gasteiger charge is -2.32. The smallest absolute Gasteiger partial charge is 0.244 e. The molecule has 11 heteroatoms. The van der Waals surface area contributed by atoms with Crippen molar-refractivity contribution in [3.63, 3.8) is 0 Å². The number of rotatable bonds is 6. The van der Waals surface area contributed by atoms with Gasteiger partial charge in [0.25, 0.3) is 0 Å². The summed E-state index contributed by atoms with van der Waals surface area (Å²) in [6, 6.07) is 16.1. The molecule has 2 aromatic heterocycles. The molecule has 1 aliphatic heterocycles. The summed E-state index contributed by atoms with van der Waals surface area (Å²) in [4.78, 5) is 4.94. The second-order valence-electron chi connectivity index (χ2n) is 8.75. The summed E-state index contributed by atoms with van der Waals surface area (Å²) in [5.74, 6) is 0.911. The van der Waals surface area contributed by atoms with Crippen molar-refractivity contribution in [1.82, 2.24) is 18.9 Å². The van der Waals surface area contributed by atoms with Gasteiger partial charge in [-0.2, -0.15) is 13.9 Å². The summed E-state index contributed by atoms with van der Waals surface area (Å²) in [6.45, 7) is 1.50. The number of nitrogens with zero attached hydrogens (tertiary/aromatic N) is 4. The molecule has 35 heavy (non-hydrogen) atoms. The Labute approximate surface area is 215 Å². The number of piperidine rings is 1. The lowest BCUT2D eigenvalue weighted by atomic mass is 9.99. The van der Waals surface area contributed by atoms with Crippen LogP contribution in [0.25, 0.3) is 16.9 Å². The van der Waals surface area contributed by atoms with E-state index in [0.717, 1.165) is 41.0 Å². The number of hydrogen-bond donors (Lipinski definition) is 1. The zero-order valence-corrected chi connectivity index (χ0v) is 21.5. The Bertz CT molecular complexity index is 1490. The van der Waals surface area contributed by atoms with Crippen molar-refractivity contribution < 1.29 is 8.42 Å². The molecule has 1 unspecified atom stereocenters. The summed E-state index contributed by atoms with van der Waals surface area (Å²) >= 11 is 12.6. The van der Waals surface area contributed by atoms with Crippen LogP contribution in [0.3, 0.4) is 0 Å². The lowest BCUT2D eigenvalue weighted by molar-refractivity contribution is 0.275. The molecule has 5 rings (SSSR count). The van der Waals surface area contributed by atoms with Crippen molar-refractivity contribution in [1.29, 1.82) is 0 Å². The molecule has 4 aromatic rings. The number of sulfonamides is 1. The minimum absolute atomic E-state index is 0.129. The van der Waals surface area contributed by atoms with Crippen LogP contribution in [0, 0.1) is 5.92 Å². The van der Waals surface area contributed by atoms with E-state index in [0.29, 0.717) is 24.7 Å². The van der Waals surface area contributed by atoms with Crippen LogP contribution in [0.5, 0.6) is 0 Å². The van der Waals surface area contributed by atoms with Gasteiger partial charge >= 0.3 is 0 Å². The fourth-order valence-corrected chi connectivity index (χ4v) is 6.74. The molecule has 2 aromatic carbocycles. The van der Waals surface area contributed by atoms with E-state index in [-0.39, 0.29) is 15.8 Å². The SMILES string of the molecule is Bc1cnn2c(NCC3CCCN(S(=O)(=O)c4ccccc4Cl)C3)cc(-c3ccccc3Cl)nc12. The quantitative estimate of drug-likeness (QED) is 0.388. The molecule has 0 saturated carbocycles. The van der Waals surface area contributed by atoms with Crippen molar-refractivity contribution in [2.75, 3.05) is 25.0 Å². The number of fused-ring (bicyclic) bond motifs is 1. The van der Waals surface area contributed by atoms with Crippen molar-refractivity contribution in [3.8, 4) is 11.3 Å². The zero-order valence-electron chi connectivity index (χ0n) is 19.2. The van der Waals surface area contributed by atoms with Gasteiger partial charge in [0.05, 0.1) is 10.7 Å². The van der Waals surface area contributed by atoms with Crippen LogP contribution in [0.2, 0.25) is 10.0 Å². The number of benzene rings is 2. The molecule has 7 nitrogen and oxygen atoms in total. The molecule has 180 valence electrons. The summed E-state index contributed by atoms with van der Waals surface area (Å²) in [6.07, 6.45) is 3.49. The summed E-state index contributed by atoms with van der Waals surface area (Å²) < 4.78 is 29.8. The molecule has 1 N–H and O–H groups in total. The zero-order chi connectivity index (χ0) is 24.6. The van der Waals surface area contributed by atoms with Crippen LogP contribution in [-0.2, 0) is 10.0 Å². The molecular formula is C24H24BCl2N5O2S. The molecule has 0 amide bonds. The first-order chi connectivity index (χ1) is 16.8. The Morgan fingerprint density at radius 1 is 1.09 bits per heavy atom. The van der Waals surface area contributed by atoms with Crippen LogP contribution in [0.15, 0.2) is 65.7 Å². The van der Waals surface area contributed by atoms with Crippen LogP contribution in [0.4, 0.5) is 5.82 Å². The maximum Gasteiger partial charge on any atom is 0.244 e. The van der Waals surface area contributed by atoms with Crippen LogP contribution >= 0.6 is 23.2 Å². The molecule has 0 radical (unpaired) electrons. The van der Waals surface area contributed by atoms with Gasteiger partial charge in [0.1, 0.15) is 18.6 Å². The van der Waals surface area contributed by atoms with E-state index in [2.05, 4.69) is 10.4 Å². The Hall–Kier alpha value is -2.59. The molecule has 0 bridgehead atoms. The number of hydrogen-bond acceptors (Lipinski definition) is 5. The summed E-state index contributed by atoms with van der Waals surface area (Å²) in [5.41, 5.74) is 3.30. The van der Waals surface area contributed by atoms with E-state index >= 15 is 0 Å². The fourth-order valence-electron chi connectivity index (χ4n) is 4.46. The fraction of sp³-hybridized carbons (Fsp3) is 0.250. The highest BCUT2D eigenvalue weighted by atomic mass is 35.5. The molecule has 1 aliphatic rings. The Morgan fingerprint density at radius 2 is 1.83 bits per heavy atom. The molecule has 1 atom stereocenters. The maximum absolute atomic E-state index is 13.2. The van der Waals surface area contributed by atoms with Crippen molar-refractivity contribution in [2.24, 2.45) is 5.92 Å². The average molecular weight is 528 g/mol. The van der Waals surface area contributed by atoms with Crippen molar-refractivity contribution in [2.45, 2.75) is 17.7 Å². The molecule has 0 spiro atoms. The van der Waals surface area contributed by atoms with Gasteiger partial charge in [-0.25, -0.2) is 13.4 Å². The van der Waals surface area contributed by atoms with Gasteiger partial charge in [-0.15, -0.1) is 0 Å². The number of aromatic nitrogens is 3. The van der Waals surface area contributed by atoms with Gasteiger partial charge in [-0.1, -0.05) is 53.5 Å². The minimum atomic E-state index is -3.66. The first-order valence-electron chi connectivity index (χ1n) is 11.4. The molecular weight excluding hydrogens is 504 g/mol. The highest BCUT2D eigenvalue weighted by Crippen LogP contribution is 2.30. The highest BCUT2D eigenvalue weighted by molar-refractivity contribution is 7.89. The lowest BCUT2D eigenvalue weighted by Crippen LogP contribution is -2.41. The van der Waals surface area contributed by atoms with E-state index < -0.39 is 10.0 Å². The van der Waals surface area contributed by atoms with E-state index in [1.54, 1.807) is 39.3 Å². The van der Waals surface area contributed by atoms with Gasteiger partial charge in [0.2, 0.25) is 10.0 Å². The predicted molar refractivity (Wildman–Crippen MR) is 143 cm³/mol. The van der Waals surface area contributed by atoms with E-state index in [4.69, 9.17) is 28.2 Å². The van der Waals surface area contributed by atoms with Crippen LogP contribution < -0.4 is 10.8 Å². The number of halogens is 2. The largest absolute Gasteiger partial charge is 0.370 e. The van der Waals surface area contributed by atoms with Crippen LogP contribution in [0.1, 0.15) is 12.8 Å². The Kier molecular flexibility index (Phi) is 6.76. The number of nitrogens with one attached hydrogen (secondary N) is 1. The molecule has 0 aliphatic carbocycles. The number of anilines is 1. The van der Waals surface area contributed by atoms with Gasteiger partial charge in [-0.3, -0.25) is 0 Å². The third kappa shape index (κ3) is 4.78. The summed E-state index contributed by atoms with van der Waals surface area (Å²) in [7, 11) is -1.69. The normalized spacial score (nSPS) is 17.0. The summed E-state index contributed by atoms with van der Waals surface area (Å²) in [5, 5.41) is 8.84. The Morgan fingerprint density at radius 3 is 2.60 bits per heavy atom. The van der Waals surface area contributed by atoms with Crippen molar-refractivity contribution in [3.05, 3.63) is 70.8 Å². The third-order valence-electron chi connectivity index (χ3n) is 6.31. The van der Waals surface area contributed by atoms with Gasteiger partial charge in [0, 0.05) is 42.5 Å². The predicted octanol–water partition coefficient (Wildman–Crippen LogP) is 3.47. The van der Waals surface area contributed by atoms with E-state index in [1.807, 2.05) is 38.2 Å².